The van der Waals surface area contributed by atoms with Crippen molar-refractivity contribution in [3.05, 3.63) is 151 Å². The van der Waals surface area contributed by atoms with Crippen molar-refractivity contribution in [1.29, 1.82) is 0 Å². The zero-order valence-corrected chi connectivity index (χ0v) is 29.5. The van der Waals surface area contributed by atoms with E-state index in [0.717, 1.165) is 49.8 Å². The third-order valence-electron chi connectivity index (χ3n) is 7.75. The van der Waals surface area contributed by atoms with Crippen molar-refractivity contribution in [3.63, 3.8) is 0 Å². The minimum atomic E-state index is -2.18. The van der Waals surface area contributed by atoms with Crippen molar-refractivity contribution in [2.75, 3.05) is 0 Å². The topological polar surface area (TPSA) is 51.8 Å². The molecule has 0 fully saturated rings. The van der Waals surface area contributed by atoms with Gasteiger partial charge in [0.2, 0.25) is 0 Å². The van der Waals surface area contributed by atoms with Crippen LogP contribution in [0.2, 0.25) is 0 Å². The third-order valence-corrected chi connectivity index (χ3v) is 7.75. The minimum absolute atomic E-state index is 0. The Balaban J connectivity index is 0.000000223. The van der Waals surface area contributed by atoms with E-state index in [1.807, 2.05) is 69.3 Å². The number of fused-ring (bicyclic) bond motifs is 4. The Labute approximate surface area is 312 Å². The molecule has 0 amide bonds. The van der Waals surface area contributed by atoms with Gasteiger partial charge in [-0.05, 0) is 81.8 Å². The molecule has 0 aliphatic carbocycles. The standard InChI is InChI=1S/C31H25N2O.C13H12N.Ir/c1-31(2,3)18-20-11-12-27(33-19-20)23-13-14-32-28(16-23)25-10-6-9-24-26-15-21-7-4-5-8-22(21)17-29(26)34-30(24)25;1-10-3-6-12(7-4-10)13-8-5-11(2)9-14-13;/h4-9,11-17,19H,18H2,1-3H3;3-6,8-9H,1-2H3;/q2*-1;/i18D2;1D3,2D3;. The van der Waals surface area contributed by atoms with Gasteiger partial charge in [-0.1, -0.05) is 87.1 Å². The molecular weight excluding hydrogens is 779 g/mol. The average molecular weight is 824 g/mol. The van der Waals surface area contributed by atoms with E-state index in [1.54, 1.807) is 24.5 Å². The number of pyridine rings is 3. The zero-order chi connectivity index (χ0) is 40.0. The van der Waals surface area contributed by atoms with Gasteiger partial charge in [0.1, 0.15) is 5.58 Å². The van der Waals surface area contributed by atoms with Crippen LogP contribution in [0.5, 0.6) is 0 Å². The first-order chi connectivity index (χ1) is 26.4. The van der Waals surface area contributed by atoms with E-state index in [0.29, 0.717) is 16.8 Å². The second-order valence-electron chi connectivity index (χ2n) is 12.6. The Bertz CT molecular complexity index is 2610. The number of nitrogens with zero attached hydrogens (tertiary/aromatic N) is 3. The van der Waals surface area contributed by atoms with E-state index in [2.05, 4.69) is 51.4 Å². The van der Waals surface area contributed by atoms with Crippen molar-refractivity contribution in [3.8, 4) is 33.8 Å². The predicted octanol–water partition coefficient (Wildman–Crippen LogP) is 11.4. The van der Waals surface area contributed by atoms with Crippen molar-refractivity contribution in [1.82, 2.24) is 15.0 Å². The number of hydrogen-bond acceptors (Lipinski definition) is 4. The Morgan fingerprint density at radius 3 is 2.20 bits per heavy atom. The number of aromatic nitrogens is 3. The van der Waals surface area contributed by atoms with Crippen LogP contribution < -0.4 is 0 Å². The van der Waals surface area contributed by atoms with Gasteiger partial charge in [-0.2, -0.15) is 0 Å². The van der Waals surface area contributed by atoms with Gasteiger partial charge in [-0.25, -0.2) is 0 Å². The number of aryl methyl sites for hydroxylation is 2. The van der Waals surface area contributed by atoms with Crippen LogP contribution in [-0.4, -0.2) is 15.0 Å². The fourth-order valence-corrected chi connectivity index (χ4v) is 5.55. The number of rotatable bonds is 4. The molecule has 0 bridgehead atoms. The summed E-state index contributed by atoms with van der Waals surface area (Å²) in [7, 11) is 0. The van der Waals surface area contributed by atoms with Gasteiger partial charge in [0, 0.05) is 55.0 Å². The summed E-state index contributed by atoms with van der Waals surface area (Å²) >= 11 is 0. The molecule has 0 saturated carbocycles. The maximum Gasteiger partial charge on any atom is 0.121 e. The Morgan fingerprint density at radius 1 is 0.735 bits per heavy atom. The summed E-state index contributed by atoms with van der Waals surface area (Å²) in [5.41, 5.74) is 6.39. The quantitative estimate of drug-likeness (QED) is 0.166. The first-order valence-corrected chi connectivity index (χ1v) is 15.6. The average Bonchev–Trinajstić information content (AvgIpc) is 3.54. The summed E-state index contributed by atoms with van der Waals surface area (Å²) in [4.78, 5) is 13.3. The maximum atomic E-state index is 8.51. The molecule has 0 aliphatic rings. The van der Waals surface area contributed by atoms with E-state index in [4.69, 9.17) is 15.4 Å². The molecule has 49 heavy (non-hydrogen) atoms. The second kappa shape index (κ2) is 14.3. The van der Waals surface area contributed by atoms with Crippen LogP contribution in [0.3, 0.4) is 0 Å². The summed E-state index contributed by atoms with van der Waals surface area (Å²) in [5.74, 6) is 0. The zero-order valence-electron chi connectivity index (χ0n) is 35.1. The Morgan fingerprint density at radius 2 is 1.51 bits per heavy atom. The van der Waals surface area contributed by atoms with Crippen LogP contribution in [0.1, 0.15) is 48.4 Å². The number of hydrogen-bond donors (Lipinski definition) is 0. The first-order valence-electron chi connectivity index (χ1n) is 19.6. The third kappa shape index (κ3) is 7.70. The molecule has 245 valence electrons. The smallest absolute Gasteiger partial charge is 0.121 e. The summed E-state index contributed by atoms with van der Waals surface area (Å²) in [6.07, 6.45) is 3.21. The van der Waals surface area contributed by atoms with E-state index in [9.17, 15) is 0 Å². The van der Waals surface area contributed by atoms with Gasteiger partial charge >= 0.3 is 0 Å². The van der Waals surface area contributed by atoms with Crippen molar-refractivity contribution >= 4 is 32.7 Å². The Kier molecular flexibility index (Phi) is 7.30. The monoisotopic (exact) mass is 824 g/mol. The SMILES string of the molecule is [2H]C([2H])([2H])c1c[c-]c(-c2ccc(C([2H])([2H])[2H])cn2)cc1.[2H]C([2H])(c1ccc(-c2ccnc(-c3[c-]ccc4c3oc3cc5ccccc5cc34)c2)nc1)C(C)(C)C.[Ir]. The molecule has 0 saturated heterocycles. The van der Waals surface area contributed by atoms with E-state index in [-0.39, 0.29) is 31.2 Å². The summed E-state index contributed by atoms with van der Waals surface area (Å²) in [6, 6.07) is 37.8. The van der Waals surface area contributed by atoms with Crippen LogP contribution in [0.25, 0.3) is 66.5 Å². The van der Waals surface area contributed by atoms with Crippen molar-refractivity contribution in [2.45, 2.75) is 40.8 Å². The van der Waals surface area contributed by atoms with Gasteiger partial charge in [-0.15, -0.1) is 53.6 Å². The van der Waals surface area contributed by atoms with Crippen LogP contribution in [-0.2, 0) is 26.5 Å². The van der Waals surface area contributed by atoms with E-state index >= 15 is 0 Å². The van der Waals surface area contributed by atoms with Gasteiger partial charge in [0.15, 0.2) is 0 Å². The normalized spacial score (nSPS) is 14.5. The maximum absolute atomic E-state index is 8.51. The molecule has 8 aromatic rings. The van der Waals surface area contributed by atoms with Crippen molar-refractivity contribution in [2.24, 2.45) is 5.41 Å². The van der Waals surface area contributed by atoms with Gasteiger partial charge in [0.25, 0.3) is 0 Å². The molecule has 4 aromatic heterocycles. The molecule has 8 rings (SSSR count). The molecule has 1 radical (unpaired) electrons. The number of furan rings is 1. The molecule has 4 heterocycles. The largest absolute Gasteiger partial charge is 0.501 e. The molecule has 0 spiro atoms. The molecule has 0 unspecified atom stereocenters. The van der Waals surface area contributed by atoms with E-state index in [1.165, 1.54) is 29.8 Å². The summed E-state index contributed by atoms with van der Waals surface area (Å²) < 4.78 is 67.0. The van der Waals surface area contributed by atoms with Crippen LogP contribution in [0, 0.1) is 31.3 Å². The van der Waals surface area contributed by atoms with Gasteiger partial charge in [0.05, 0.1) is 11.3 Å². The van der Waals surface area contributed by atoms with Gasteiger partial charge < -0.3 is 14.4 Å². The van der Waals surface area contributed by atoms with Crippen LogP contribution in [0.4, 0.5) is 0 Å². The molecular formula is C44H37IrN3O-2. The minimum Gasteiger partial charge on any atom is -0.501 e. The van der Waals surface area contributed by atoms with Crippen LogP contribution >= 0.6 is 0 Å². The predicted molar refractivity (Wildman–Crippen MR) is 198 cm³/mol. The molecule has 5 heteroatoms. The van der Waals surface area contributed by atoms with Crippen LogP contribution in [0.15, 0.2) is 126 Å². The van der Waals surface area contributed by atoms with E-state index < -0.39 is 25.5 Å². The molecule has 0 atom stereocenters. The molecule has 0 aliphatic heterocycles. The van der Waals surface area contributed by atoms with Crippen molar-refractivity contribution < 1.29 is 35.5 Å². The fourth-order valence-electron chi connectivity index (χ4n) is 5.55. The number of benzene rings is 4. The molecule has 4 nitrogen and oxygen atoms in total. The molecule has 0 N–H and O–H groups in total. The Hall–Kier alpha value is -4.96. The first kappa shape index (κ1) is 25.1. The summed E-state index contributed by atoms with van der Waals surface area (Å²) in [5, 5.41) is 4.41. The summed E-state index contributed by atoms with van der Waals surface area (Å²) in [6.45, 7) is 1.35. The molecule has 4 aromatic carbocycles. The second-order valence-corrected chi connectivity index (χ2v) is 12.6. The van der Waals surface area contributed by atoms with Gasteiger partial charge in [-0.3, -0.25) is 4.98 Å². The fraction of sp³-hybridized carbons (Fsp3) is 0.159.